The first-order valence-electron chi connectivity index (χ1n) is 5.43. The Morgan fingerprint density at radius 1 is 1.15 bits per heavy atom. The standard InChI is InChI=1S/C11H11NO5S2.Na/c13-10-8-3-2-7(6-9(8)11(14)12-10)18-4-1-5-19(15,16)17;/h2-3,6H,1,4-5H2,(H,12,13,14)(H,15,16,17);/q;+1/p-1. The van der Waals surface area contributed by atoms with Gasteiger partial charge in [0, 0.05) is 10.6 Å². The zero-order valence-corrected chi connectivity index (χ0v) is 14.3. The van der Waals surface area contributed by atoms with E-state index in [1.165, 1.54) is 11.8 Å². The summed E-state index contributed by atoms with van der Waals surface area (Å²) in [5, 5.41) is 2.19. The van der Waals surface area contributed by atoms with Gasteiger partial charge in [-0.25, -0.2) is 8.42 Å². The van der Waals surface area contributed by atoms with Crippen LogP contribution in [-0.2, 0) is 10.1 Å². The molecule has 1 aromatic rings. The molecule has 0 aliphatic carbocycles. The van der Waals surface area contributed by atoms with Crippen molar-refractivity contribution in [3.8, 4) is 0 Å². The summed E-state index contributed by atoms with van der Waals surface area (Å²) in [4.78, 5) is 23.5. The number of nitrogens with one attached hydrogen (secondary N) is 1. The largest absolute Gasteiger partial charge is 1.00 e. The summed E-state index contributed by atoms with van der Waals surface area (Å²) >= 11 is 1.34. The minimum absolute atomic E-state index is 0. The minimum atomic E-state index is -4.18. The van der Waals surface area contributed by atoms with Crippen molar-refractivity contribution in [3.63, 3.8) is 0 Å². The van der Waals surface area contributed by atoms with Gasteiger partial charge in [0.05, 0.1) is 21.2 Å². The molecule has 0 fully saturated rings. The maximum Gasteiger partial charge on any atom is 1.00 e. The third-order valence-corrected chi connectivity index (χ3v) is 4.38. The Balaban J connectivity index is 0.00000200. The number of carbonyl (C=O) groups excluding carboxylic acids is 2. The van der Waals surface area contributed by atoms with Crippen molar-refractivity contribution in [3.05, 3.63) is 29.3 Å². The molecule has 1 aliphatic rings. The zero-order chi connectivity index (χ0) is 14.0. The molecule has 20 heavy (non-hydrogen) atoms. The van der Waals surface area contributed by atoms with Gasteiger partial charge in [0.1, 0.15) is 0 Å². The van der Waals surface area contributed by atoms with E-state index in [1.807, 2.05) is 0 Å². The van der Waals surface area contributed by atoms with Crippen LogP contribution in [0.15, 0.2) is 23.1 Å². The fraction of sp³-hybridized carbons (Fsp3) is 0.273. The number of amides is 2. The normalized spacial score (nSPS) is 13.7. The fourth-order valence-electron chi connectivity index (χ4n) is 1.66. The summed E-state index contributed by atoms with van der Waals surface area (Å²) in [5.41, 5.74) is 0.669. The third-order valence-electron chi connectivity index (χ3n) is 2.51. The van der Waals surface area contributed by atoms with Crippen LogP contribution < -0.4 is 34.9 Å². The van der Waals surface area contributed by atoms with Crippen LogP contribution in [0.4, 0.5) is 0 Å². The minimum Gasteiger partial charge on any atom is -0.748 e. The van der Waals surface area contributed by atoms with Gasteiger partial charge in [0.2, 0.25) is 0 Å². The van der Waals surface area contributed by atoms with Gasteiger partial charge in [-0.2, -0.15) is 0 Å². The van der Waals surface area contributed by atoms with Gasteiger partial charge in [-0.1, -0.05) is 0 Å². The Bertz CT molecular complexity index is 644. The molecular weight excluding hydrogens is 313 g/mol. The zero-order valence-electron chi connectivity index (χ0n) is 10.7. The van der Waals surface area contributed by atoms with Crippen LogP contribution in [0, 0.1) is 0 Å². The van der Waals surface area contributed by atoms with E-state index < -0.39 is 27.7 Å². The predicted octanol–water partition coefficient (Wildman–Crippen LogP) is -2.40. The Morgan fingerprint density at radius 3 is 2.45 bits per heavy atom. The Hall–Kier alpha value is -0.380. The van der Waals surface area contributed by atoms with Crippen molar-refractivity contribution in [1.82, 2.24) is 5.32 Å². The number of fused-ring (bicyclic) bond motifs is 1. The molecule has 2 amide bonds. The number of carbonyl (C=O) groups is 2. The van der Waals surface area contributed by atoms with E-state index in [1.54, 1.807) is 18.2 Å². The monoisotopic (exact) mass is 323 g/mol. The van der Waals surface area contributed by atoms with Crippen LogP contribution in [-0.4, -0.2) is 36.3 Å². The summed E-state index contributed by atoms with van der Waals surface area (Å²) in [7, 11) is -4.18. The average Bonchev–Trinajstić information content (AvgIpc) is 2.59. The molecule has 0 unspecified atom stereocenters. The first-order chi connectivity index (χ1) is 8.87. The van der Waals surface area contributed by atoms with Gasteiger partial charge in [-0.15, -0.1) is 11.8 Å². The van der Waals surface area contributed by atoms with E-state index in [4.69, 9.17) is 0 Å². The summed E-state index contributed by atoms with van der Waals surface area (Å²) in [5.74, 6) is -0.779. The first kappa shape index (κ1) is 17.7. The van der Waals surface area contributed by atoms with Gasteiger partial charge in [0.25, 0.3) is 11.8 Å². The Kier molecular flexibility index (Phi) is 6.24. The van der Waals surface area contributed by atoms with Crippen molar-refractivity contribution < 1.29 is 52.1 Å². The fourth-order valence-corrected chi connectivity index (χ4v) is 3.23. The molecule has 102 valence electrons. The van der Waals surface area contributed by atoms with Crippen LogP contribution in [0.2, 0.25) is 0 Å². The number of imide groups is 1. The van der Waals surface area contributed by atoms with Gasteiger partial charge < -0.3 is 4.55 Å². The van der Waals surface area contributed by atoms with Crippen LogP contribution in [0.5, 0.6) is 0 Å². The van der Waals surface area contributed by atoms with Crippen LogP contribution >= 0.6 is 11.8 Å². The predicted molar refractivity (Wildman–Crippen MR) is 68.1 cm³/mol. The second kappa shape index (κ2) is 7.06. The molecule has 0 saturated heterocycles. The van der Waals surface area contributed by atoms with E-state index >= 15 is 0 Å². The van der Waals surface area contributed by atoms with Gasteiger partial charge in [-0.05, 0) is 30.4 Å². The quantitative estimate of drug-likeness (QED) is 0.213. The van der Waals surface area contributed by atoms with Crippen LogP contribution in [0.1, 0.15) is 27.1 Å². The molecule has 0 saturated carbocycles. The van der Waals surface area contributed by atoms with Gasteiger partial charge in [-0.3, -0.25) is 14.9 Å². The number of benzene rings is 1. The molecule has 1 heterocycles. The maximum atomic E-state index is 11.4. The molecule has 6 nitrogen and oxygen atoms in total. The summed E-state index contributed by atoms with van der Waals surface area (Å²) < 4.78 is 31.3. The number of hydrogen-bond acceptors (Lipinski definition) is 6. The number of thioether (sulfide) groups is 1. The summed E-state index contributed by atoms with van der Waals surface area (Å²) in [6.45, 7) is 0. The molecule has 2 rings (SSSR count). The topological polar surface area (TPSA) is 103 Å². The molecular formula is C11H10NNaO5S2. The molecule has 1 N–H and O–H groups in total. The molecule has 0 spiro atoms. The van der Waals surface area contributed by atoms with Crippen molar-refractivity contribution in [2.75, 3.05) is 11.5 Å². The van der Waals surface area contributed by atoms with Gasteiger partial charge >= 0.3 is 29.6 Å². The average molecular weight is 323 g/mol. The first-order valence-corrected chi connectivity index (χ1v) is 7.99. The number of hydrogen-bond donors (Lipinski definition) is 1. The SMILES string of the molecule is O=C1NC(=O)c2cc(SCCCS(=O)(=O)[O-])ccc21.[Na+]. The van der Waals surface area contributed by atoms with Crippen molar-refractivity contribution in [2.45, 2.75) is 11.3 Å². The molecule has 0 bridgehead atoms. The van der Waals surface area contributed by atoms with Crippen LogP contribution in [0.3, 0.4) is 0 Å². The van der Waals surface area contributed by atoms with Crippen LogP contribution in [0.25, 0.3) is 0 Å². The third kappa shape index (κ3) is 4.57. The molecule has 0 radical (unpaired) electrons. The Morgan fingerprint density at radius 2 is 1.80 bits per heavy atom. The van der Waals surface area contributed by atoms with Crippen molar-refractivity contribution in [2.24, 2.45) is 0 Å². The smallest absolute Gasteiger partial charge is 0.748 e. The Labute approximate surface area is 142 Å². The second-order valence-electron chi connectivity index (χ2n) is 3.95. The molecule has 1 aromatic carbocycles. The molecule has 0 atom stereocenters. The second-order valence-corrected chi connectivity index (χ2v) is 6.65. The van der Waals surface area contributed by atoms with E-state index in [2.05, 4.69) is 5.32 Å². The molecule has 0 aromatic heterocycles. The maximum absolute atomic E-state index is 11.4. The van der Waals surface area contributed by atoms with E-state index in [9.17, 15) is 22.6 Å². The van der Waals surface area contributed by atoms with E-state index in [0.29, 0.717) is 16.9 Å². The van der Waals surface area contributed by atoms with E-state index in [0.717, 1.165) is 4.90 Å². The summed E-state index contributed by atoms with van der Waals surface area (Å²) in [6, 6.07) is 4.83. The molecule has 9 heteroatoms. The van der Waals surface area contributed by atoms with Gasteiger partial charge in [0.15, 0.2) is 0 Å². The number of rotatable bonds is 5. The summed E-state index contributed by atoms with van der Waals surface area (Å²) in [6.07, 6.45) is 0.249. The van der Waals surface area contributed by atoms with Crippen molar-refractivity contribution >= 4 is 33.7 Å². The molecule has 1 aliphatic heterocycles. The van der Waals surface area contributed by atoms with Crippen molar-refractivity contribution in [1.29, 1.82) is 0 Å². The van der Waals surface area contributed by atoms with E-state index in [-0.39, 0.29) is 36.0 Å².